The molecule has 0 atom stereocenters. The molecule has 0 fully saturated rings. The summed E-state index contributed by atoms with van der Waals surface area (Å²) in [5.74, 6) is -0.114. The molecule has 0 aliphatic heterocycles. The van der Waals surface area contributed by atoms with Crippen LogP contribution in [0.2, 0.25) is 0 Å². The van der Waals surface area contributed by atoms with Crippen LogP contribution >= 0.6 is 0 Å². The first-order valence-electron chi connectivity index (χ1n) is 9.81. The average molecular weight is 427 g/mol. The lowest BCUT2D eigenvalue weighted by Crippen LogP contribution is -2.23. The molecule has 0 bridgehead atoms. The van der Waals surface area contributed by atoms with E-state index in [0.29, 0.717) is 25.1 Å². The molecular weight excluding hydrogens is 404 g/mol. The Morgan fingerprint density at radius 2 is 2.00 bits per heavy atom. The van der Waals surface area contributed by atoms with Gasteiger partial charge in [0.05, 0.1) is 18.5 Å². The highest BCUT2D eigenvalue weighted by molar-refractivity contribution is 5.91. The lowest BCUT2D eigenvalue weighted by Gasteiger charge is -2.11. The maximum Gasteiger partial charge on any atom is 0.387 e. The van der Waals surface area contributed by atoms with Gasteiger partial charge in [-0.3, -0.25) is 4.79 Å². The van der Waals surface area contributed by atoms with Gasteiger partial charge in [-0.15, -0.1) is 0 Å². The van der Waals surface area contributed by atoms with Crippen LogP contribution in [0.3, 0.4) is 0 Å². The first-order chi connectivity index (χ1) is 15.0. The van der Waals surface area contributed by atoms with Gasteiger partial charge in [-0.25, -0.2) is 4.68 Å². The van der Waals surface area contributed by atoms with Crippen LogP contribution in [0.25, 0.3) is 11.8 Å². The number of alkyl halides is 2. The number of rotatable bonds is 10. The molecule has 1 aromatic heterocycles. The van der Waals surface area contributed by atoms with Gasteiger partial charge in [-0.2, -0.15) is 13.9 Å². The average Bonchev–Trinajstić information content (AvgIpc) is 3.23. The Morgan fingerprint density at radius 3 is 2.74 bits per heavy atom. The largest absolute Gasteiger partial charge is 0.490 e. The number of ether oxygens (including phenoxy) is 2. The third-order valence-electron chi connectivity index (χ3n) is 4.28. The molecule has 0 aliphatic carbocycles. The van der Waals surface area contributed by atoms with Crippen molar-refractivity contribution in [3.05, 3.63) is 78.1 Å². The van der Waals surface area contributed by atoms with Crippen molar-refractivity contribution in [2.75, 3.05) is 13.2 Å². The highest BCUT2D eigenvalue weighted by atomic mass is 19.3. The van der Waals surface area contributed by atoms with E-state index in [1.165, 1.54) is 12.1 Å². The molecule has 6 nitrogen and oxygen atoms in total. The van der Waals surface area contributed by atoms with E-state index in [1.54, 1.807) is 36.0 Å². The van der Waals surface area contributed by atoms with Gasteiger partial charge in [-0.1, -0.05) is 24.3 Å². The van der Waals surface area contributed by atoms with Crippen LogP contribution in [0.5, 0.6) is 11.5 Å². The Kier molecular flexibility index (Phi) is 7.75. The molecule has 1 amide bonds. The Bertz CT molecular complexity index is 1020. The van der Waals surface area contributed by atoms with Crippen LogP contribution in [-0.4, -0.2) is 35.5 Å². The van der Waals surface area contributed by atoms with E-state index in [-0.39, 0.29) is 17.4 Å². The number of nitrogens with zero attached hydrogens (tertiary/aromatic N) is 2. The van der Waals surface area contributed by atoms with E-state index in [2.05, 4.69) is 15.2 Å². The Morgan fingerprint density at radius 1 is 1.19 bits per heavy atom. The van der Waals surface area contributed by atoms with Crippen molar-refractivity contribution in [2.24, 2.45) is 0 Å². The number of halogens is 2. The van der Waals surface area contributed by atoms with Crippen LogP contribution in [-0.2, 0) is 11.2 Å². The van der Waals surface area contributed by atoms with Crippen molar-refractivity contribution in [2.45, 2.75) is 20.0 Å². The number of nitrogens with one attached hydrogen (secondary N) is 1. The monoisotopic (exact) mass is 427 g/mol. The Labute approximate surface area is 179 Å². The smallest absolute Gasteiger partial charge is 0.387 e. The van der Waals surface area contributed by atoms with Crippen LogP contribution in [0, 0.1) is 0 Å². The van der Waals surface area contributed by atoms with Crippen LogP contribution in [0.15, 0.2) is 67.0 Å². The maximum atomic E-state index is 12.5. The third kappa shape index (κ3) is 6.67. The van der Waals surface area contributed by atoms with Gasteiger partial charge >= 0.3 is 6.61 Å². The molecule has 0 saturated heterocycles. The summed E-state index contributed by atoms with van der Waals surface area (Å²) in [4.78, 5) is 12.1. The van der Waals surface area contributed by atoms with Crippen molar-refractivity contribution in [1.82, 2.24) is 15.1 Å². The number of hydrogen-bond acceptors (Lipinski definition) is 4. The van der Waals surface area contributed by atoms with Gasteiger partial charge in [0.2, 0.25) is 5.91 Å². The molecule has 3 rings (SSSR count). The molecular formula is C23H23F2N3O3. The summed E-state index contributed by atoms with van der Waals surface area (Å²) in [6, 6.07) is 14.3. The van der Waals surface area contributed by atoms with Gasteiger partial charge < -0.3 is 14.8 Å². The van der Waals surface area contributed by atoms with Gasteiger partial charge in [-0.05, 0) is 54.8 Å². The topological polar surface area (TPSA) is 65.4 Å². The fourth-order valence-electron chi connectivity index (χ4n) is 2.86. The van der Waals surface area contributed by atoms with E-state index in [1.807, 2.05) is 36.5 Å². The molecule has 1 N–H and O–H groups in total. The number of carbonyl (C=O) groups is 1. The molecule has 3 aromatic rings. The fourth-order valence-corrected chi connectivity index (χ4v) is 2.86. The predicted octanol–water partition coefficient (Wildman–Crippen LogP) is 4.24. The number of amides is 1. The summed E-state index contributed by atoms with van der Waals surface area (Å²) in [5.41, 5.74) is 2.60. The number of benzene rings is 2. The lowest BCUT2D eigenvalue weighted by atomic mass is 10.2. The minimum Gasteiger partial charge on any atom is -0.490 e. The molecule has 0 aliphatic rings. The second kappa shape index (κ2) is 10.9. The van der Waals surface area contributed by atoms with E-state index >= 15 is 0 Å². The molecule has 0 saturated carbocycles. The van der Waals surface area contributed by atoms with Crippen LogP contribution in [0.4, 0.5) is 8.78 Å². The standard InChI is InChI=1S/C23H23F2N3O3/c1-2-30-21-14-17(8-10-20(21)31-23(24)25)9-11-22(29)26-13-12-18-15-27-28(16-18)19-6-4-3-5-7-19/h3-11,14-16,23H,2,12-13H2,1H3,(H,26,29)/b11-9+. The van der Waals surface area contributed by atoms with Crippen molar-refractivity contribution >= 4 is 12.0 Å². The number of hydrogen-bond donors (Lipinski definition) is 1. The summed E-state index contributed by atoms with van der Waals surface area (Å²) in [6.07, 6.45) is 7.30. The summed E-state index contributed by atoms with van der Waals surface area (Å²) in [5, 5.41) is 7.14. The SMILES string of the molecule is CCOc1cc(/C=C/C(=O)NCCc2cnn(-c3ccccc3)c2)ccc1OC(F)F. The fraction of sp³-hybridized carbons (Fsp3) is 0.217. The minimum atomic E-state index is -2.94. The molecule has 0 spiro atoms. The summed E-state index contributed by atoms with van der Waals surface area (Å²) >= 11 is 0. The normalized spacial score (nSPS) is 11.1. The summed E-state index contributed by atoms with van der Waals surface area (Å²) < 4.78 is 36.5. The molecule has 0 radical (unpaired) electrons. The predicted molar refractivity (Wildman–Crippen MR) is 114 cm³/mol. The maximum absolute atomic E-state index is 12.5. The van der Waals surface area contributed by atoms with E-state index in [0.717, 1.165) is 11.3 Å². The number of aromatic nitrogens is 2. The molecule has 8 heteroatoms. The van der Waals surface area contributed by atoms with Crippen molar-refractivity contribution in [3.63, 3.8) is 0 Å². The van der Waals surface area contributed by atoms with Gasteiger partial charge in [0.25, 0.3) is 0 Å². The first kappa shape index (κ1) is 22.0. The zero-order valence-corrected chi connectivity index (χ0v) is 17.0. The zero-order valence-electron chi connectivity index (χ0n) is 17.0. The molecule has 2 aromatic carbocycles. The second-order valence-electron chi connectivity index (χ2n) is 6.52. The number of carbonyl (C=O) groups excluding carboxylic acids is 1. The first-order valence-corrected chi connectivity index (χ1v) is 9.81. The van der Waals surface area contributed by atoms with Crippen molar-refractivity contribution < 1.29 is 23.0 Å². The quantitative estimate of drug-likeness (QED) is 0.492. The van der Waals surface area contributed by atoms with E-state index in [9.17, 15) is 13.6 Å². The van der Waals surface area contributed by atoms with Crippen LogP contribution < -0.4 is 14.8 Å². The molecule has 162 valence electrons. The van der Waals surface area contributed by atoms with Gasteiger partial charge in [0.1, 0.15) is 0 Å². The highest BCUT2D eigenvalue weighted by Crippen LogP contribution is 2.30. The summed E-state index contributed by atoms with van der Waals surface area (Å²) in [6.45, 7) is -0.444. The van der Waals surface area contributed by atoms with Gasteiger partial charge in [0, 0.05) is 18.8 Å². The van der Waals surface area contributed by atoms with Crippen LogP contribution in [0.1, 0.15) is 18.1 Å². The van der Waals surface area contributed by atoms with Gasteiger partial charge in [0.15, 0.2) is 11.5 Å². The van der Waals surface area contributed by atoms with Crippen molar-refractivity contribution in [3.8, 4) is 17.2 Å². The molecule has 0 unspecified atom stereocenters. The lowest BCUT2D eigenvalue weighted by molar-refractivity contribution is -0.116. The molecule has 1 heterocycles. The Balaban J connectivity index is 1.51. The number of para-hydroxylation sites is 1. The zero-order chi connectivity index (χ0) is 22.1. The van der Waals surface area contributed by atoms with E-state index in [4.69, 9.17) is 4.74 Å². The summed E-state index contributed by atoms with van der Waals surface area (Å²) in [7, 11) is 0. The molecule has 31 heavy (non-hydrogen) atoms. The highest BCUT2D eigenvalue weighted by Gasteiger charge is 2.11. The van der Waals surface area contributed by atoms with E-state index < -0.39 is 6.61 Å². The van der Waals surface area contributed by atoms with Crippen molar-refractivity contribution in [1.29, 1.82) is 0 Å². The Hall–Kier alpha value is -3.68. The minimum absolute atomic E-state index is 0.0468. The third-order valence-corrected chi connectivity index (χ3v) is 4.28. The second-order valence-corrected chi connectivity index (χ2v) is 6.52.